The maximum atomic E-state index is 13.9. The molecule has 28 heavy (non-hydrogen) atoms. The van der Waals surface area contributed by atoms with Gasteiger partial charge in [-0.1, -0.05) is 18.2 Å². The van der Waals surface area contributed by atoms with E-state index in [-0.39, 0.29) is 5.75 Å². The van der Waals surface area contributed by atoms with Gasteiger partial charge in [-0.2, -0.15) is 0 Å². The Hall–Kier alpha value is -3.26. The molecule has 3 aromatic rings. The molecule has 1 atom stereocenters. The van der Waals surface area contributed by atoms with Crippen LogP contribution in [0.3, 0.4) is 0 Å². The smallest absolute Gasteiger partial charge is 0.339 e. The van der Waals surface area contributed by atoms with Crippen molar-refractivity contribution in [2.75, 3.05) is 12.4 Å². The zero-order valence-corrected chi connectivity index (χ0v) is 15.6. The number of aromatic nitrogens is 1. The number of hydrogen-bond acceptors (Lipinski definition) is 6. The second-order valence-corrected chi connectivity index (χ2v) is 6.99. The van der Waals surface area contributed by atoms with E-state index in [2.05, 4.69) is 10.3 Å². The number of carbonyl (C=O) groups is 2. The van der Waals surface area contributed by atoms with Crippen LogP contribution in [0.15, 0.2) is 47.8 Å². The van der Waals surface area contributed by atoms with Crippen LogP contribution >= 0.6 is 11.3 Å². The summed E-state index contributed by atoms with van der Waals surface area (Å²) in [5.74, 6) is -1.32. The molecule has 0 aliphatic carbocycles. The molecule has 1 aliphatic heterocycles. The summed E-state index contributed by atoms with van der Waals surface area (Å²) in [7, 11) is 1.39. The number of nitrogens with zero attached hydrogens (tertiary/aromatic N) is 1. The van der Waals surface area contributed by atoms with Gasteiger partial charge in [-0.3, -0.25) is 10.1 Å². The van der Waals surface area contributed by atoms with E-state index >= 15 is 0 Å². The highest BCUT2D eigenvalue weighted by Crippen LogP contribution is 2.29. The van der Waals surface area contributed by atoms with Crippen molar-refractivity contribution in [3.8, 4) is 17.0 Å². The lowest BCUT2D eigenvalue weighted by atomic mass is 9.98. The highest BCUT2D eigenvalue weighted by molar-refractivity contribution is 7.14. The van der Waals surface area contributed by atoms with Crippen LogP contribution in [0.1, 0.15) is 15.9 Å². The molecule has 1 amide bonds. The van der Waals surface area contributed by atoms with Crippen molar-refractivity contribution in [1.29, 1.82) is 0 Å². The molecule has 2 heterocycles. The lowest BCUT2D eigenvalue weighted by molar-refractivity contribution is -0.125. The highest BCUT2D eigenvalue weighted by Gasteiger charge is 2.31. The van der Waals surface area contributed by atoms with Gasteiger partial charge in [-0.15, -0.1) is 11.3 Å². The third kappa shape index (κ3) is 3.46. The van der Waals surface area contributed by atoms with Crippen LogP contribution in [-0.2, 0) is 16.0 Å². The van der Waals surface area contributed by atoms with Gasteiger partial charge in [-0.05, 0) is 29.8 Å². The fourth-order valence-corrected chi connectivity index (χ4v) is 3.68. The summed E-state index contributed by atoms with van der Waals surface area (Å²) in [4.78, 5) is 28.9. The number of methoxy groups -OCH3 is 1. The fourth-order valence-electron chi connectivity index (χ4n) is 2.95. The summed E-state index contributed by atoms with van der Waals surface area (Å²) in [6.07, 6.45) is -0.622. The van der Waals surface area contributed by atoms with Gasteiger partial charge >= 0.3 is 5.97 Å². The molecule has 1 unspecified atom stereocenters. The number of fused-ring (bicyclic) bond motifs is 1. The molecule has 0 radical (unpaired) electrons. The average molecular weight is 398 g/mol. The molecule has 2 aromatic carbocycles. The van der Waals surface area contributed by atoms with Crippen molar-refractivity contribution in [3.05, 3.63) is 64.8 Å². The minimum atomic E-state index is -0.923. The van der Waals surface area contributed by atoms with Gasteiger partial charge in [0, 0.05) is 17.4 Å². The number of cyclic esters (lactones) is 1. The number of carbonyl (C=O) groups excluding carboxylic acids is 2. The molecule has 1 N–H and O–H groups in total. The molecule has 4 rings (SSSR count). The number of nitrogens with one attached hydrogen (secondary N) is 1. The molecule has 0 saturated heterocycles. The van der Waals surface area contributed by atoms with Crippen molar-refractivity contribution < 1.29 is 23.5 Å². The van der Waals surface area contributed by atoms with Crippen LogP contribution in [0.4, 0.5) is 9.52 Å². The molecular weight excluding hydrogens is 383 g/mol. The standard InChI is InChI=1S/C20H15FN2O4S/c1-26-16-7-6-12(8-14(16)21)15-10-28-20(22-15)23-18(24)17-9-11-4-2-3-5-13(11)19(25)27-17/h2-8,10,17H,9H2,1H3,(H,22,23,24). The summed E-state index contributed by atoms with van der Waals surface area (Å²) in [5.41, 5.74) is 2.33. The normalized spacial score (nSPS) is 15.5. The maximum Gasteiger partial charge on any atom is 0.339 e. The number of hydrogen-bond donors (Lipinski definition) is 1. The minimum Gasteiger partial charge on any atom is -0.494 e. The number of halogens is 1. The van der Waals surface area contributed by atoms with Gasteiger partial charge in [0.15, 0.2) is 22.8 Å². The maximum absolute atomic E-state index is 13.9. The van der Waals surface area contributed by atoms with Gasteiger partial charge in [-0.25, -0.2) is 14.2 Å². The van der Waals surface area contributed by atoms with Gasteiger partial charge in [0.1, 0.15) is 0 Å². The SMILES string of the molecule is COc1ccc(-c2csc(NC(=O)C3Cc4ccccc4C(=O)O3)n2)cc1F. The Morgan fingerprint density at radius 2 is 2.14 bits per heavy atom. The Morgan fingerprint density at radius 3 is 2.93 bits per heavy atom. The Bertz CT molecular complexity index is 1070. The number of esters is 1. The van der Waals surface area contributed by atoms with E-state index in [1.165, 1.54) is 30.6 Å². The predicted molar refractivity (Wildman–Crippen MR) is 102 cm³/mol. The van der Waals surface area contributed by atoms with Gasteiger partial charge in [0.25, 0.3) is 5.91 Å². The number of thiazole rings is 1. The third-order valence-electron chi connectivity index (χ3n) is 4.37. The summed E-state index contributed by atoms with van der Waals surface area (Å²) >= 11 is 1.20. The van der Waals surface area contributed by atoms with Crippen molar-refractivity contribution in [3.63, 3.8) is 0 Å². The summed E-state index contributed by atoms with van der Waals surface area (Å²) in [6, 6.07) is 11.6. The van der Waals surface area contributed by atoms with E-state index in [1.807, 2.05) is 6.07 Å². The summed E-state index contributed by atoms with van der Waals surface area (Å²) < 4.78 is 24.0. The van der Waals surface area contributed by atoms with Gasteiger partial charge in [0.2, 0.25) is 0 Å². The molecule has 1 aromatic heterocycles. The van der Waals surface area contributed by atoms with Gasteiger partial charge < -0.3 is 9.47 Å². The quantitative estimate of drug-likeness (QED) is 0.679. The lowest BCUT2D eigenvalue weighted by Gasteiger charge is -2.23. The Morgan fingerprint density at radius 1 is 1.32 bits per heavy atom. The molecule has 6 nitrogen and oxygen atoms in total. The molecule has 0 bridgehead atoms. The molecule has 1 aliphatic rings. The zero-order chi connectivity index (χ0) is 19.7. The van der Waals surface area contributed by atoms with E-state index in [4.69, 9.17) is 9.47 Å². The van der Waals surface area contributed by atoms with E-state index in [1.54, 1.807) is 29.6 Å². The first-order valence-electron chi connectivity index (χ1n) is 8.44. The van der Waals surface area contributed by atoms with E-state index in [9.17, 15) is 14.0 Å². The Kier molecular flexibility index (Phi) is 4.79. The van der Waals surface area contributed by atoms with Crippen LogP contribution < -0.4 is 10.1 Å². The largest absolute Gasteiger partial charge is 0.494 e. The topological polar surface area (TPSA) is 77.5 Å². The monoisotopic (exact) mass is 398 g/mol. The van der Waals surface area contributed by atoms with Crippen LogP contribution in [0.5, 0.6) is 5.75 Å². The molecule has 0 spiro atoms. The van der Waals surface area contributed by atoms with Crippen LogP contribution in [0.25, 0.3) is 11.3 Å². The van der Waals surface area contributed by atoms with E-state index in [0.29, 0.717) is 28.4 Å². The van der Waals surface area contributed by atoms with Crippen LogP contribution in [0.2, 0.25) is 0 Å². The second-order valence-electron chi connectivity index (χ2n) is 6.13. The number of anilines is 1. The van der Waals surface area contributed by atoms with Crippen molar-refractivity contribution in [2.24, 2.45) is 0 Å². The molecule has 8 heteroatoms. The number of benzene rings is 2. The number of ether oxygens (including phenoxy) is 2. The highest BCUT2D eigenvalue weighted by atomic mass is 32.1. The minimum absolute atomic E-state index is 0.145. The Labute approximate surface area is 163 Å². The van der Waals surface area contributed by atoms with Crippen LogP contribution in [-0.4, -0.2) is 30.1 Å². The number of amides is 1. The van der Waals surface area contributed by atoms with Crippen molar-refractivity contribution in [2.45, 2.75) is 12.5 Å². The first-order valence-corrected chi connectivity index (χ1v) is 9.32. The fraction of sp³-hybridized carbons (Fsp3) is 0.150. The summed E-state index contributed by atoms with van der Waals surface area (Å²) in [5, 5.41) is 4.71. The van der Waals surface area contributed by atoms with E-state index < -0.39 is 23.8 Å². The number of rotatable bonds is 4. The Balaban J connectivity index is 1.48. The lowest BCUT2D eigenvalue weighted by Crippen LogP contribution is -2.37. The first kappa shape index (κ1) is 18.1. The first-order chi connectivity index (χ1) is 13.5. The third-order valence-corrected chi connectivity index (χ3v) is 5.12. The van der Waals surface area contributed by atoms with E-state index in [0.717, 1.165) is 5.56 Å². The van der Waals surface area contributed by atoms with Crippen molar-refractivity contribution >= 4 is 28.3 Å². The molecule has 142 valence electrons. The molecule has 0 fully saturated rings. The molecule has 0 saturated carbocycles. The van der Waals surface area contributed by atoms with Gasteiger partial charge in [0.05, 0.1) is 18.4 Å². The van der Waals surface area contributed by atoms with Crippen molar-refractivity contribution in [1.82, 2.24) is 4.98 Å². The van der Waals surface area contributed by atoms with Crippen LogP contribution in [0, 0.1) is 5.82 Å². The predicted octanol–water partition coefficient (Wildman–Crippen LogP) is 3.68. The molecular formula is C20H15FN2O4S. The zero-order valence-electron chi connectivity index (χ0n) is 14.8. The summed E-state index contributed by atoms with van der Waals surface area (Å²) in [6.45, 7) is 0. The second kappa shape index (κ2) is 7.40. The average Bonchev–Trinajstić information content (AvgIpc) is 3.16.